The third-order valence-corrected chi connectivity index (χ3v) is 3.84. The van der Waals surface area contributed by atoms with E-state index in [1.165, 1.54) is 0 Å². The Balaban J connectivity index is 1.81. The molecular formula is C14H16BrN5. The van der Waals surface area contributed by atoms with Crippen molar-refractivity contribution < 1.29 is 0 Å². The Labute approximate surface area is 125 Å². The average Bonchev–Trinajstić information content (AvgIpc) is 3.05. The number of fused-ring (bicyclic) bond motifs is 1. The van der Waals surface area contributed by atoms with Crippen LogP contribution in [0, 0.1) is 6.92 Å². The molecule has 0 bridgehead atoms. The molecule has 104 valence electrons. The lowest BCUT2D eigenvalue weighted by atomic mass is 10.2. The molecule has 3 aromatic heterocycles. The van der Waals surface area contributed by atoms with E-state index in [4.69, 9.17) is 0 Å². The van der Waals surface area contributed by atoms with E-state index >= 15 is 0 Å². The standard InChI is InChI=1S/C14H16BrN5/c1-9-5-11(15)8-20-12(7-17-14(9)20)6-16-10(2)13-3-4-18-19-13/h3-5,7-8,10,16H,6H2,1-2H3,(H,18,19). The van der Waals surface area contributed by atoms with E-state index in [0.29, 0.717) is 0 Å². The van der Waals surface area contributed by atoms with Gasteiger partial charge in [0.25, 0.3) is 0 Å². The van der Waals surface area contributed by atoms with Crippen LogP contribution in [0.4, 0.5) is 0 Å². The Morgan fingerprint density at radius 1 is 1.50 bits per heavy atom. The summed E-state index contributed by atoms with van der Waals surface area (Å²) in [6.45, 7) is 4.92. The van der Waals surface area contributed by atoms with Gasteiger partial charge in [-0.15, -0.1) is 0 Å². The Morgan fingerprint density at radius 2 is 2.35 bits per heavy atom. The van der Waals surface area contributed by atoms with Crippen molar-refractivity contribution in [3.8, 4) is 0 Å². The van der Waals surface area contributed by atoms with Gasteiger partial charge in [0.05, 0.1) is 17.6 Å². The monoisotopic (exact) mass is 333 g/mol. The fraction of sp³-hybridized carbons (Fsp3) is 0.286. The molecule has 0 saturated heterocycles. The number of nitrogens with one attached hydrogen (secondary N) is 2. The molecule has 0 saturated carbocycles. The first-order valence-corrected chi connectivity index (χ1v) is 7.29. The maximum absolute atomic E-state index is 4.48. The largest absolute Gasteiger partial charge is 0.303 e. The smallest absolute Gasteiger partial charge is 0.139 e. The van der Waals surface area contributed by atoms with Crippen LogP contribution in [-0.2, 0) is 6.54 Å². The Bertz CT molecular complexity index is 717. The number of hydrogen-bond acceptors (Lipinski definition) is 3. The van der Waals surface area contributed by atoms with Gasteiger partial charge >= 0.3 is 0 Å². The van der Waals surface area contributed by atoms with Crippen molar-refractivity contribution in [3.05, 3.63) is 52.1 Å². The van der Waals surface area contributed by atoms with Gasteiger partial charge in [-0.25, -0.2) is 4.98 Å². The van der Waals surface area contributed by atoms with E-state index in [2.05, 4.69) is 60.7 Å². The first-order valence-electron chi connectivity index (χ1n) is 6.50. The molecule has 3 rings (SSSR count). The van der Waals surface area contributed by atoms with Gasteiger partial charge in [0, 0.05) is 29.5 Å². The van der Waals surface area contributed by atoms with Gasteiger partial charge in [0.1, 0.15) is 5.65 Å². The molecule has 0 aromatic carbocycles. The molecule has 0 radical (unpaired) electrons. The first-order chi connectivity index (χ1) is 9.65. The summed E-state index contributed by atoms with van der Waals surface area (Å²) >= 11 is 3.53. The second-order valence-corrected chi connectivity index (χ2v) is 5.81. The minimum absolute atomic E-state index is 0.219. The number of aromatic amines is 1. The lowest BCUT2D eigenvalue weighted by Crippen LogP contribution is -2.19. The lowest BCUT2D eigenvalue weighted by molar-refractivity contribution is 0.552. The van der Waals surface area contributed by atoms with Crippen molar-refractivity contribution in [1.29, 1.82) is 0 Å². The predicted octanol–water partition coefficient (Wildman–Crippen LogP) is 2.98. The number of pyridine rings is 1. The summed E-state index contributed by atoms with van der Waals surface area (Å²) in [5.41, 5.74) is 4.37. The second kappa shape index (κ2) is 5.38. The number of halogens is 1. The second-order valence-electron chi connectivity index (χ2n) is 4.90. The van der Waals surface area contributed by atoms with E-state index in [9.17, 15) is 0 Å². The molecule has 0 amide bonds. The fourth-order valence-corrected chi connectivity index (χ4v) is 2.82. The molecule has 1 atom stereocenters. The summed E-state index contributed by atoms with van der Waals surface area (Å²) in [5.74, 6) is 0. The average molecular weight is 334 g/mol. The summed E-state index contributed by atoms with van der Waals surface area (Å²) in [5, 5.41) is 10.4. The summed E-state index contributed by atoms with van der Waals surface area (Å²) in [6.07, 6.45) is 5.73. The molecule has 0 spiro atoms. The van der Waals surface area contributed by atoms with Gasteiger partial charge in [-0.2, -0.15) is 5.10 Å². The van der Waals surface area contributed by atoms with Crippen molar-refractivity contribution in [1.82, 2.24) is 24.9 Å². The number of imidazole rings is 1. The Morgan fingerprint density at radius 3 is 3.10 bits per heavy atom. The van der Waals surface area contributed by atoms with Crippen molar-refractivity contribution in [2.75, 3.05) is 0 Å². The summed E-state index contributed by atoms with van der Waals surface area (Å²) in [4.78, 5) is 4.48. The van der Waals surface area contributed by atoms with Crippen LogP contribution >= 0.6 is 15.9 Å². The molecule has 20 heavy (non-hydrogen) atoms. The predicted molar refractivity (Wildman–Crippen MR) is 81.5 cm³/mol. The Hall–Kier alpha value is -1.66. The summed E-state index contributed by atoms with van der Waals surface area (Å²) in [6, 6.07) is 4.27. The SMILES string of the molecule is Cc1cc(Br)cn2c(CNC(C)c3ccn[nH]3)cnc12. The minimum Gasteiger partial charge on any atom is -0.303 e. The number of nitrogens with zero attached hydrogens (tertiary/aromatic N) is 3. The van der Waals surface area contributed by atoms with Crippen LogP contribution < -0.4 is 5.32 Å². The molecule has 3 aromatic rings. The van der Waals surface area contributed by atoms with Gasteiger partial charge in [0.15, 0.2) is 0 Å². The molecule has 0 aliphatic heterocycles. The van der Waals surface area contributed by atoms with Crippen LogP contribution in [0.25, 0.3) is 5.65 Å². The number of hydrogen-bond donors (Lipinski definition) is 2. The van der Waals surface area contributed by atoms with Crippen LogP contribution in [0.2, 0.25) is 0 Å². The third-order valence-electron chi connectivity index (χ3n) is 3.41. The van der Waals surface area contributed by atoms with E-state index < -0.39 is 0 Å². The minimum atomic E-state index is 0.219. The molecular weight excluding hydrogens is 318 g/mol. The molecule has 1 unspecified atom stereocenters. The normalized spacial score (nSPS) is 12.9. The number of rotatable bonds is 4. The lowest BCUT2D eigenvalue weighted by Gasteiger charge is -2.12. The summed E-state index contributed by atoms with van der Waals surface area (Å²) < 4.78 is 3.18. The van der Waals surface area contributed by atoms with Crippen LogP contribution in [0.15, 0.2) is 35.2 Å². The highest BCUT2D eigenvalue weighted by atomic mass is 79.9. The van der Waals surface area contributed by atoms with Gasteiger partial charge in [-0.3, -0.25) is 5.10 Å². The molecule has 0 aliphatic carbocycles. The zero-order valence-corrected chi connectivity index (χ0v) is 13.0. The van der Waals surface area contributed by atoms with Crippen LogP contribution in [-0.4, -0.2) is 19.6 Å². The summed E-state index contributed by atoms with van der Waals surface area (Å²) in [7, 11) is 0. The maximum atomic E-state index is 4.48. The van der Waals surface area contributed by atoms with Gasteiger partial charge in [0.2, 0.25) is 0 Å². The molecule has 6 heteroatoms. The molecule has 2 N–H and O–H groups in total. The molecule has 0 aliphatic rings. The van der Waals surface area contributed by atoms with Crippen LogP contribution in [0.3, 0.4) is 0 Å². The van der Waals surface area contributed by atoms with Crippen molar-refractivity contribution >= 4 is 21.6 Å². The molecule has 3 heterocycles. The topological polar surface area (TPSA) is 58.0 Å². The van der Waals surface area contributed by atoms with E-state index in [1.54, 1.807) is 6.20 Å². The zero-order chi connectivity index (χ0) is 14.1. The highest BCUT2D eigenvalue weighted by molar-refractivity contribution is 9.10. The zero-order valence-electron chi connectivity index (χ0n) is 11.4. The highest BCUT2D eigenvalue weighted by Crippen LogP contribution is 2.18. The Kier molecular flexibility index (Phi) is 3.58. The van der Waals surface area contributed by atoms with Gasteiger partial charge in [-0.05, 0) is 47.5 Å². The number of aryl methyl sites for hydroxylation is 1. The number of aromatic nitrogens is 4. The van der Waals surface area contributed by atoms with Crippen LogP contribution in [0.5, 0.6) is 0 Å². The number of H-pyrrole nitrogens is 1. The quantitative estimate of drug-likeness (QED) is 0.771. The molecule has 5 nitrogen and oxygen atoms in total. The van der Waals surface area contributed by atoms with Crippen molar-refractivity contribution in [2.45, 2.75) is 26.4 Å². The first kappa shape index (κ1) is 13.3. The van der Waals surface area contributed by atoms with E-state index in [-0.39, 0.29) is 6.04 Å². The van der Waals surface area contributed by atoms with Crippen LogP contribution in [0.1, 0.15) is 29.9 Å². The molecule has 0 fully saturated rings. The maximum Gasteiger partial charge on any atom is 0.139 e. The van der Waals surface area contributed by atoms with Crippen molar-refractivity contribution in [3.63, 3.8) is 0 Å². The van der Waals surface area contributed by atoms with Crippen molar-refractivity contribution in [2.24, 2.45) is 0 Å². The third kappa shape index (κ3) is 2.48. The fourth-order valence-electron chi connectivity index (χ4n) is 2.27. The van der Waals surface area contributed by atoms with E-state index in [0.717, 1.165) is 33.6 Å². The highest BCUT2D eigenvalue weighted by Gasteiger charge is 2.10. The van der Waals surface area contributed by atoms with Gasteiger partial charge < -0.3 is 9.72 Å². The van der Waals surface area contributed by atoms with Gasteiger partial charge in [-0.1, -0.05) is 0 Å². The van der Waals surface area contributed by atoms with E-state index in [1.807, 2.05) is 18.5 Å².